The second kappa shape index (κ2) is 56.9. The van der Waals surface area contributed by atoms with E-state index in [9.17, 15) is 14.4 Å². The molecule has 0 radical (unpaired) electrons. The SMILES string of the molecule is CC/C=C\C/C=C\C/C=C\C/C=C\C/C=C\CCC(=O)OC(COC(=O)CCCCCCC/C=C\CCCCCCCCC)COC(=O)CCCCCCCCCCCC/C=C\C=C/CCCCC. The molecule has 0 aromatic rings. The maximum absolute atomic E-state index is 12.8. The first-order chi connectivity index (χ1) is 34.0. The molecule has 0 spiro atoms. The van der Waals surface area contributed by atoms with Gasteiger partial charge < -0.3 is 14.2 Å². The number of unbranched alkanes of at least 4 members (excludes halogenated alkanes) is 25. The summed E-state index contributed by atoms with van der Waals surface area (Å²) in [5.41, 5.74) is 0. The molecule has 1 unspecified atom stereocenters. The van der Waals surface area contributed by atoms with Crippen molar-refractivity contribution in [2.75, 3.05) is 13.2 Å². The van der Waals surface area contributed by atoms with E-state index in [0.29, 0.717) is 19.3 Å². The molecular formula is C63H106O6. The van der Waals surface area contributed by atoms with Gasteiger partial charge in [0.15, 0.2) is 6.10 Å². The number of hydrogen-bond acceptors (Lipinski definition) is 6. The third kappa shape index (κ3) is 55.1. The fraction of sp³-hybridized carbons (Fsp3) is 0.698. The summed E-state index contributed by atoms with van der Waals surface area (Å²) in [5, 5.41) is 0. The standard InChI is InChI=1S/C63H106O6/c1-4-7-10-13-16-19-22-25-28-31-32-33-36-38-41-44-47-50-53-56-62(65)68-59-60(69-63(66)57-54-51-48-45-42-39-35-30-27-24-21-18-15-12-9-6-3)58-67-61(64)55-52-49-46-43-40-37-34-29-26-23-20-17-14-11-8-5-2/h9,12,16,18-19,21-22,25,27,29-30,34,39,42,48,51,60H,4-8,10-11,13-15,17,20,23-24,26,28,31-33,35-38,40-41,43-47,49-50,52-59H2,1-3H3/b12-9-,19-16-,21-18-,25-22-,30-27-,34-29-,42-39-,51-48-. The Bertz CT molecular complexity index is 1380. The van der Waals surface area contributed by atoms with Crippen LogP contribution in [0.1, 0.15) is 265 Å². The number of carbonyl (C=O) groups is 3. The van der Waals surface area contributed by atoms with Crippen LogP contribution in [0.15, 0.2) is 97.2 Å². The summed E-state index contributed by atoms with van der Waals surface area (Å²) >= 11 is 0. The van der Waals surface area contributed by atoms with Crippen LogP contribution in [-0.4, -0.2) is 37.2 Å². The van der Waals surface area contributed by atoms with Crippen molar-refractivity contribution in [3.63, 3.8) is 0 Å². The topological polar surface area (TPSA) is 78.9 Å². The summed E-state index contributed by atoms with van der Waals surface area (Å²) < 4.78 is 16.8. The van der Waals surface area contributed by atoms with Gasteiger partial charge in [0.2, 0.25) is 0 Å². The highest BCUT2D eigenvalue weighted by molar-refractivity contribution is 5.71. The molecule has 0 N–H and O–H groups in total. The van der Waals surface area contributed by atoms with Gasteiger partial charge in [-0.15, -0.1) is 0 Å². The molecule has 0 heterocycles. The molecule has 0 aliphatic carbocycles. The summed E-state index contributed by atoms with van der Waals surface area (Å²) in [6, 6.07) is 0. The van der Waals surface area contributed by atoms with Gasteiger partial charge in [-0.05, 0) is 103 Å². The average Bonchev–Trinajstić information content (AvgIpc) is 3.35. The summed E-state index contributed by atoms with van der Waals surface area (Å²) in [5.74, 6) is -1.00. The van der Waals surface area contributed by atoms with E-state index in [-0.39, 0.29) is 31.6 Å². The lowest BCUT2D eigenvalue weighted by Gasteiger charge is -2.18. The third-order valence-corrected chi connectivity index (χ3v) is 12.1. The van der Waals surface area contributed by atoms with Gasteiger partial charge in [-0.25, -0.2) is 0 Å². The van der Waals surface area contributed by atoms with E-state index in [1.807, 2.05) is 12.2 Å². The number of rotatable bonds is 51. The smallest absolute Gasteiger partial charge is 0.306 e. The number of ether oxygens (including phenoxy) is 3. The van der Waals surface area contributed by atoms with E-state index < -0.39 is 12.1 Å². The van der Waals surface area contributed by atoms with Gasteiger partial charge in [0, 0.05) is 19.3 Å². The van der Waals surface area contributed by atoms with Crippen LogP contribution in [0, 0.1) is 0 Å². The number of carbonyl (C=O) groups excluding carboxylic acids is 3. The Kier molecular flexibility index (Phi) is 53.9. The van der Waals surface area contributed by atoms with Crippen LogP contribution in [0.5, 0.6) is 0 Å². The van der Waals surface area contributed by atoms with Gasteiger partial charge in [0.05, 0.1) is 0 Å². The lowest BCUT2D eigenvalue weighted by Crippen LogP contribution is -2.30. The van der Waals surface area contributed by atoms with Crippen LogP contribution in [0.4, 0.5) is 0 Å². The van der Waals surface area contributed by atoms with Crippen LogP contribution < -0.4 is 0 Å². The summed E-state index contributed by atoms with van der Waals surface area (Å²) in [6.45, 7) is 6.43. The van der Waals surface area contributed by atoms with E-state index in [1.165, 1.54) is 135 Å². The van der Waals surface area contributed by atoms with E-state index >= 15 is 0 Å². The van der Waals surface area contributed by atoms with Gasteiger partial charge in [0.25, 0.3) is 0 Å². The average molecular weight is 960 g/mol. The first kappa shape index (κ1) is 65.3. The van der Waals surface area contributed by atoms with Crippen molar-refractivity contribution in [3.8, 4) is 0 Å². The van der Waals surface area contributed by atoms with Gasteiger partial charge in [-0.1, -0.05) is 240 Å². The van der Waals surface area contributed by atoms with Gasteiger partial charge in [0.1, 0.15) is 13.2 Å². The van der Waals surface area contributed by atoms with Crippen molar-refractivity contribution < 1.29 is 28.6 Å². The first-order valence-corrected chi connectivity index (χ1v) is 28.8. The molecule has 394 valence electrons. The fourth-order valence-electron chi connectivity index (χ4n) is 7.77. The maximum Gasteiger partial charge on any atom is 0.306 e. The van der Waals surface area contributed by atoms with Crippen molar-refractivity contribution in [2.24, 2.45) is 0 Å². The maximum atomic E-state index is 12.8. The Balaban J connectivity index is 4.48. The van der Waals surface area contributed by atoms with Gasteiger partial charge >= 0.3 is 17.9 Å². The van der Waals surface area contributed by atoms with Crippen molar-refractivity contribution in [1.82, 2.24) is 0 Å². The summed E-state index contributed by atoms with van der Waals surface area (Å²) in [4.78, 5) is 38.1. The minimum Gasteiger partial charge on any atom is -0.462 e. The Morgan fingerprint density at radius 1 is 0.319 bits per heavy atom. The normalized spacial score (nSPS) is 12.8. The zero-order valence-electron chi connectivity index (χ0n) is 45.0. The number of esters is 3. The first-order valence-electron chi connectivity index (χ1n) is 28.8. The predicted molar refractivity (Wildman–Crippen MR) is 297 cm³/mol. The van der Waals surface area contributed by atoms with E-state index in [2.05, 4.69) is 106 Å². The molecule has 0 aromatic carbocycles. The molecule has 0 aromatic heterocycles. The minimum absolute atomic E-state index is 0.112. The van der Waals surface area contributed by atoms with Crippen LogP contribution in [-0.2, 0) is 28.6 Å². The molecule has 1 atom stereocenters. The molecule has 6 nitrogen and oxygen atoms in total. The van der Waals surface area contributed by atoms with Crippen LogP contribution in [0.25, 0.3) is 0 Å². The number of allylic oxidation sites excluding steroid dienone is 16. The molecule has 0 fully saturated rings. The minimum atomic E-state index is -0.823. The van der Waals surface area contributed by atoms with E-state index in [0.717, 1.165) is 83.5 Å². The quantitative estimate of drug-likeness (QED) is 0.0199. The monoisotopic (exact) mass is 959 g/mol. The molecule has 0 bridgehead atoms. The Labute approximate surface area is 426 Å². The zero-order valence-corrected chi connectivity index (χ0v) is 45.0. The molecule has 0 rings (SSSR count). The Hall–Kier alpha value is -3.67. The molecule has 0 aliphatic rings. The highest BCUT2D eigenvalue weighted by Gasteiger charge is 2.19. The largest absolute Gasteiger partial charge is 0.462 e. The highest BCUT2D eigenvalue weighted by atomic mass is 16.6. The molecular weight excluding hydrogens is 853 g/mol. The van der Waals surface area contributed by atoms with Crippen molar-refractivity contribution in [3.05, 3.63) is 97.2 Å². The summed E-state index contributed by atoms with van der Waals surface area (Å²) in [6.07, 6.45) is 75.5. The number of hydrogen-bond donors (Lipinski definition) is 0. The van der Waals surface area contributed by atoms with Crippen LogP contribution in [0.3, 0.4) is 0 Å². The van der Waals surface area contributed by atoms with Crippen molar-refractivity contribution in [2.45, 2.75) is 271 Å². The molecule has 0 saturated heterocycles. The molecule has 0 amide bonds. The second-order valence-electron chi connectivity index (χ2n) is 18.8. The lowest BCUT2D eigenvalue weighted by atomic mass is 10.1. The summed E-state index contributed by atoms with van der Waals surface area (Å²) in [7, 11) is 0. The lowest BCUT2D eigenvalue weighted by molar-refractivity contribution is -0.166. The van der Waals surface area contributed by atoms with E-state index in [4.69, 9.17) is 14.2 Å². The van der Waals surface area contributed by atoms with Crippen molar-refractivity contribution >= 4 is 17.9 Å². The Morgan fingerprint density at radius 3 is 1.06 bits per heavy atom. The van der Waals surface area contributed by atoms with Crippen molar-refractivity contribution in [1.29, 1.82) is 0 Å². The highest BCUT2D eigenvalue weighted by Crippen LogP contribution is 2.15. The molecule has 6 heteroatoms. The third-order valence-electron chi connectivity index (χ3n) is 12.1. The van der Waals surface area contributed by atoms with E-state index in [1.54, 1.807) is 0 Å². The molecule has 0 aliphatic heterocycles. The van der Waals surface area contributed by atoms with Gasteiger partial charge in [-0.2, -0.15) is 0 Å². The molecule has 69 heavy (non-hydrogen) atoms. The Morgan fingerprint density at radius 2 is 0.638 bits per heavy atom. The molecule has 0 saturated carbocycles. The zero-order chi connectivity index (χ0) is 50.0. The predicted octanol–water partition coefficient (Wildman–Crippen LogP) is 19.3. The second-order valence-corrected chi connectivity index (χ2v) is 18.8. The van der Waals surface area contributed by atoms with Gasteiger partial charge in [-0.3, -0.25) is 14.4 Å². The van der Waals surface area contributed by atoms with Crippen LogP contribution in [0.2, 0.25) is 0 Å². The fourth-order valence-corrected chi connectivity index (χ4v) is 7.77. The van der Waals surface area contributed by atoms with Crippen LogP contribution >= 0.6 is 0 Å².